The molecule has 1 saturated heterocycles. The van der Waals surface area contributed by atoms with Crippen LogP contribution in [0.5, 0.6) is 0 Å². The van der Waals surface area contributed by atoms with E-state index in [-0.39, 0.29) is 23.9 Å². The Labute approximate surface area is 128 Å². The molecule has 8 nitrogen and oxygen atoms in total. The van der Waals surface area contributed by atoms with Crippen LogP contribution in [0.25, 0.3) is 5.78 Å². The van der Waals surface area contributed by atoms with Crippen molar-refractivity contribution in [3.05, 3.63) is 24.3 Å². The fourth-order valence-electron chi connectivity index (χ4n) is 2.66. The molecule has 3 heterocycles. The standard InChI is InChI=1S/C14H20N6O2/c1-9(2)19-7-10(11(8-19)22-3)16-13(21)12-17-14-15-5-4-6-20(14)18-12/h4-6,9-11H,7-8H2,1-3H3,(H,16,21)/t10-,11-/m0/s1. The normalized spacial score (nSPS) is 22.5. The minimum Gasteiger partial charge on any atom is -0.378 e. The SMILES string of the molecule is CO[C@H]1CN(C(C)C)C[C@@H]1NC(=O)c1nc2ncccn2n1. The third-order valence-electron chi connectivity index (χ3n) is 3.96. The first-order valence-corrected chi connectivity index (χ1v) is 7.33. The van der Waals surface area contributed by atoms with Crippen LogP contribution in [0.1, 0.15) is 24.5 Å². The number of rotatable bonds is 4. The molecule has 1 aliphatic rings. The third kappa shape index (κ3) is 2.79. The van der Waals surface area contributed by atoms with E-state index in [1.165, 1.54) is 4.52 Å². The number of aromatic nitrogens is 4. The van der Waals surface area contributed by atoms with Crippen LogP contribution in [-0.2, 0) is 4.74 Å². The van der Waals surface area contributed by atoms with Gasteiger partial charge in [-0.05, 0) is 19.9 Å². The smallest absolute Gasteiger partial charge is 0.291 e. The predicted molar refractivity (Wildman–Crippen MR) is 79.5 cm³/mol. The number of ether oxygens (including phenoxy) is 1. The molecule has 3 rings (SSSR count). The Balaban J connectivity index is 1.73. The number of fused-ring (bicyclic) bond motifs is 1. The van der Waals surface area contributed by atoms with Crippen molar-refractivity contribution in [1.82, 2.24) is 29.8 Å². The van der Waals surface area contributed by atoms with Gasteiger partial charge in [0.2, 0.25) is 5.82 Å². The Morgan fingerprint density at radius 2 is 2.27 bits per heavy atom. The summed E-state index contributed by atoms with van der Waals surface area (Å²) < 4.78 is 6.97. The molecule has 1 fully saturated rings. The molecule has 0 unspecified atom stereocenters. The van der Waals surface area contributed by atoms with Gasteiger partial charge in [0.1, 0.15) is 0 Å². The minimum absolute atomic E-state index is 0.0264. The van der Waals surface area contributed by atoms with E-state index in [4.69, 9.17) is 4.74 Å². The highest BCUT2D eigenvalue weighted by Crippen LogP contribution is 2.16. The van der Waals surface area contributed by atoms with Crippen molar-refractivity contribution in [2.45, 2.75) is 32.0 Å². The number of nitrogens with zero attached hydrogens (tertiary/aromatic N) is 5. The molecule has 2 atom stereocenters. The van der Waals surface area contributed by atoms with Crippen molar-refractivity contribution in [3.63, 3.8) is 0 Å². The Morgan fingerprint density at radius 3 is 2.95 bits per heavy atom. The lowest BCUT2D eigenvalue weighted by atomic mass is 10.2. The Kier molecular flexibility index (Phi) is 4.04. The van der Waals surface area contributed by atoms with Gasteiger partial charge in [-0.1, -0.05) is 0 Å². The van der Waals surface area contributed by atoms with Crippen LogP contribution >= 0.6 is 0 Å². The van der Waals surface area contributed by atoms with Gasteiger partial charge in [-0.25, -0.2) is 9.50 Å². The molecule has 0 aliphatic carbocycles. The van der Waals surface area contributed by atoms with Gasteiger partial charge in [0, 0.05) is 38.6 Å². The fraction of sp³-hybridized carbons (Fsp3) is 0.571. The molecule has 0 saturated carbocycles. The van der Waals surface area contributed by atoms with Gasteiger partial charge in [-0.3, -0.25) is 9.69 Å². The first kappa shape index (κ1) is 14.9. The summed E-state index contributed by atoms with van der Waals surface area (Å²) >= 11 is 0. The summed E-state index contributed by atoms with van der Waals surface area (Å²) in [6, 6.07) is 2.08. The molecule has 0 spiro atoms. The molecule has 1 N–H and O–H groups in total. The van der Waals surface area contributed by atoms with Crippen LogP contribution in [0.15, 0.2) is 18.5 Å². The van der Waals surface area contributed by atoms with Gasteiger partial charge in [-0.2, -0.15) is 4.98 Å². The molecular weight excluding hydrogens is 284 g/mol. The van der Waals surface area contributed by atoms with Gasteiger partial charge >= 0.3 is 0 Å². The molecule has 0 aromatic carbocycles. The zero-order chi connectivity index (χ0) is 15.7. The molecular formula is C14H20N6O2. The van der Waals surface area contributed by atoms with Crippen molar-refractivity contribution in [2.24, 2.45) is 0 Å². The number of hydrogen-bond acceptors (Lipinski definition) is 6. The predicted octanol–water partition coefficient (Wildman–Crippen LogP) is -0.0383. The minimum atomic E-state index is -0.303. The highest BCUT2D eigenvalue weighted by atomic mass is 16.5. The number of likely N-dealkylation sites (tertiary alicyclic amines) is 1. The van der Waals surface area contributed by atoms with Crippen LogP contribution in [0.2, 0.25) is 0 Å². The average molecular weight is 304 g/mol. The zero-order valence-electron chi connectivity index (χ0n) is 12.9. The molecule has 2 aromatic heterocycles. The number of amides is 1. The number of methoxy groups -OCH3 is 1. The number of carbonyl (C=O) groups excluding carboxylic acids is 1. The van der Waals surface area contributed by atoms with Crippen molar-refractivity contribution in [3.8, 4) is 0 Å². The van der Waals surface area contributed by atoms with E-state index in [0.29, 0.717) is 11.8 Å². The Morgan fingerprint density at radius 1 is 1.45 bits per heavy atom. The van der Waals surface area contributed by atoms with Gasteiger partial charge in [0.25, 0.3) is 11.7 Å². The van der Waals surface area contributed by atoms with Crippen LogP contribution < -0.4 is 5.32 Å². The van der Waals surface area contributed by atoms with Crippen molar-refractivity contribution in [1.29, 1.82) is 0 Å². The second-order valence-corrected chi connectivity index (χ2v) is 5.70. The van der Waals surface area contributed by atoms with Gasteiger partial charge in [-0.15, -0.1) is 5.10 Å². The Bertz CT molecular complexity index is 637. The number of nitrogens with one attached hydrogen (secondary N) is 1. The molecule has 1 aliphatic heterocycles. The summed E-state index contributed by atoms with van der Waals surface area (Å²) in [4.78, 5) is 22.8. The second kappa shape index (κ2) is 5.98. The summed E-state index contributed by atoms with van der Waals surface area (Å²) in [5.74, 6) is 0.228. The molecule has 0 radical (unpaired) electrons. The maximum atomic E-state index is 12.4. The van der Waals surface area contributed by atoms with E-state index in [2.05, 4.69) is 39.1 Å². The van der Waals surface area contributed by atoms with E-state index in [1.807, 2.05) is 0 Å². The summed E-state index contributed by atoms with van der Waals surface area (Å²) in [5.41, 5.74) is 0. The van der Waals surface area contributed by atoms with Crippen LogP contribution in [-0.4, -0.2) is 68.8 Å². The quantitative estimate of drug-likeness (QED) is 0.853. The second-order valence-electron chi connectivity index (χ2n) is 5.70. The molecule has 2 aromatic rings. The Hall–Kier alpha value is -2.06. The van der Waals surface area contributed by atoms with Crippen molar-refractivity contribution >= 4 is 11.7 Å². The third-order valence-corrected chi connectivity index (χ3v) is 3.96. The topological polar surface area (TPSA) is 84.6 Å². The molecule has 22 heavy (non-hydrogen) atoms. The van der Waals surface area contributed by atoms with E-state index in [9.17, 15) is 4.79 Å². The van der Waals surface area contributed by atoms with E-state index < -0.39 is 0 Å². The van der Waals surface area contributed by atoms with Crippen LogP contribution in [0.3, 0.4) is 0 Å². The lowest BCUT2D eigenvalue weighted by Gasteiger charge is -2.19. The van der Waals surface area contributed by atoms with Gasteiger partial charge in [0.05, 0.1) is 12.1 Å². The molecule has 118 valence electrons. The first-order chi connectivity index (χ1) is 10.6. The van der Waals surface area contributed by atoms with Gasteiger partial charge in [0.15, 0.2) is 0 Å². The summed E-state index contributed by atoms with van der Waals surface area (Å²) in [6.45, 7) is 5.82. The lowest BCUT2D eigenvalue weighted by Crippen LogP contribution is -2.44. The highest BCUT2D eigenvalue weighted by Gasteiger charge is 2.35. The first-order valence-electron chi connectivity index (χ1n) is 7.33. The van der Waals surface area contributed by atoms with Crippen molar-refractivity contribution in [2.75, 3.05) is 20.2 Å². The maximum Gasteiger partial charge on any atom is 0.291 e. The van der Waals surface area contributed by atoms with Crippen LogP contribution in [0, 0.1) is 0 Å². The van der Waals surface area contributed by atoms with Crippen molar-refractivity contribution < 1.29 is 9.53 Å². The van der Waals surface area contributed by atoms with Crippen LogP contribution in [0.4, 0.5) is 0 Å². The molecule has 8 heteroatoms. The van der Waals surface area contributed by atoms with E-state index >= 15 is 0 Å². The molecule has 0 bridgehead atoms. The highest BCUT2D eigenvalue weighted by molar-refractivity contribution is 5.91. The zero-order valence-corrected chi connectivity index (χ0v) is 12.9. The average Bonchev–Trinajstić information content (AvgIpc) is 3.10. The van der Waals surface area contributed by atoms with E-state index in [0.717, 1.165) is 13.1 Å². The fourth-order valence-corrected chi connectivity index (χ4v) is 2.66. The number of hydrogen-bond donors (Lipinski definition) is 1. The summed E-state index contributed by atoms with van der Waals surface area (Å²) in [5, 5.41) is 7.11. The van der Waals surface area contributed by atoms with Gasteiger partial charge < -0.3 is 10.1 Å². The maximum absolute atomic E-state index is 12.4. The largest absolute Gasteiger partial charge is 0.378 e. The lowest BCUT2D eigenvalue weighted by molar-refractivity contribution is 0.0747. The molecule has 1 amide bonds. The number of carbonyl (C=O) groups is 1. The summed E-state index contributed by atoms with van der Waals surface area (Å²) in [7, 11) is 1.67. The monoisotopic (exact) mass is 304 g/mol. The van der Waals surface area contributed by atoms with E-state index in [1.54, 1.807) is 25.6 Å². The summed E-state index contributed by atoms with van der Waals surface area (Å²) in [6.07, 6.45) is 3.30.